The molecule has 0 saturated heterocycles. The highest BCUT2D eigenvalue weighted by atomic mass is 32.2. The zero-order valence-corrected chi connectivity index (χ0v) is 10.7. The Bertz CT molecular complexity index is 697. The van der Waals surface area contributed by atoms with Crippen LogP contribution in [-0.2, 0) is 0 Å². The molecule has 0 spiro atoms. The Balaban J connectivity index is 1.95. The molecule has 3 rings (SSSR count). The summed E-state index contributed by atoms with van der Waals surface area (Å²) in [5.74, 6) is 0. The molecule has 0 fully saturated rings. The fourth-order valence-electron chi connectivity index (χ4n) is 1.69. The van der Waals surface area contributed by atoms with E-state index in [1.165, 1.54) is 10.5 Å². The van der Waals surface area contributed by atoms with E-state index >= 15 is 0 Å². The van der Waals surface area contributed by atoms with E-state index in [1.807, 2.05) is 12.1 Å². The maximum absolute atomic E-state index is 4.49. The molecule has 0 aliphatic rings. The Labute approximate surface area is 109 Å². The standard InChI is InChI=1S/C14H11N3S/c1-10-3-2-4-11(9-10)18-13-6-5-12-14(17-13)16-8-7-15-12/h2-9H,1H3. The number of aromatic nitrogens is 3. The number of pyridine rings is 1. The zero-order valence-electron chi connectivity index (χ0n) is 9.87. The molecule has 0 atom stereocenters. The van der Waals surface area contributed by atoms with Gasteiger partial charge in [0.1, 0.15) is 10.5 Å². The Morgan fingerprint density at radius 1 is 1.00 bits per heavy atom. The lowest BCUT2D eigenvalue weighted by Gasteiger charge is -2.02. The molecule has 0 radical (unpaired) electrons. The molecule has 88 valence electrons. The van der Waals surface area contributed by atoms with Gasteiger partial charge in [0.2, 0.25) is 0 Å². The first-order chi connectivity index (χ1) is 8.81. The van der Waals surface area contributed by atoms with Crippen molar-refractivity contribution in [3.63, 3.8) is 0 Å². The van der Waals surface area contributed by atoms with Crippen molar-refractivity contribution in [3.8, 4) is 0 Å². The Morgan fingerprint density at radius 3 is 2.78 bits per heavy atom. The minimum absolute atomic E-state index is 0.690. The number of aryl methyl sites for hydroxylation is 1. The van der Waals surface area contributed by atoms with Crippen LogP contribution in [0.3, 0.4) is 0 Å². The highest BCUT2D eigenvalue weighted by Crippen LogP contribution is 2.27. The SMILES string of the molecule is Cc1cccc(Sc2ccc3nccnc3n2)c1. The fraction of sp³-hybridized carbons (Fsp3) is 0.0714. The van der Waals surface area contributed by atoms with Crippen molar-refractivity contribution < 1.29 is 0 Å². The van der Waals surface area contributed by atoms with Gasteiger partial charge >= 0.3 is 0 Å². The van der Waals surface area contributed by atoms with E-state index < -0.39 is 0 Å². The topological polar surface area (TPSA) is 38.7 Å². The van der Waals surface area contributed by atoms with Crippen molar-refractivity contribution >= 4 is 22.9 Å². The van der Waals surface area contributed by atoms with Crippen LogP contribution in [-0.4, -0.2) is 15.0 Å². The van der Waals surface area contributed by atoms with Crippen molar-refractivity contribution in [2.24, 2.45) is 0 Å². The van der Waals surface area contributed by atoms with Gasteiger partial charge in [0.25, 0.3) is 0 Å². The van der Waals surface area contributed by atoms with Crippen LogP contribution in [0.25, 0.3) is 11.2 Å². The normalized spacial score (nSPS) is 10.7. The summed E-state index contributed by atoms with van der Waals surface area (Å²) >= 11 is 1.64. The van der Waals surface area contributed by atoms with Crippen molar-refractivity contribution in [3.05, 3.63) is 54.4 Å². The van der Waals surface area contributed by atoms with Gasteiger partial charge < -0.3 is 0 Å². The maximum Gasteiger partial charge on any atom is 0.179 e. The van der Waals surface area contributed by atoms with Gasteiger partial charge in [0.05, 0.1) is 0 Å². The van der Waals surface area contributed by atoms with Gasteiger partial charge in [-0.2, -0.15) is 0 Å². The minimum atomic E-state index is 0.690. The smallest absolute Gasteiger partial charge is 0.179 e. The van der Waals surface area contributed by atoms with Crippen molar-refractivity contribution in [2.75, 3.05) is 0 Å². The molecule has 18 heavy (non-hydrogen) atoms. The molecule has 2 heterocycles. The molecule has 4 heteroatoms. The summed E-state index contributed by atoms with van der Waals surface area (Å²) in [5.41, 5.74) is 2.77. The average molecular weight is 253 g/mol. The van der Waals surface area contributed by atoms with Crippen molar-refractivity contribution in [1.29, 1.82) is 0 Å². The molecule has 0 unspecified atom stereocenters. The number of hydrogen-bond acceptors (Lipinski definition) is 4. The van der Waals surface area contributed by atoms with Crippen LogP contribution in [0.5, 0.6) is 0 Å². The second kappa shape index (κ2) is 4.74. The molecule has 3 nitrogen and oxygen atoms in total. The molecule has 0 amide bonds. The largest absolute Gasteiger partial charge is 0.251 e. The van der Waals surface area contributed by atoms with E-state index in [-0.39, 0.29) is 0 Å². The summed E-state index contributed by atoms with van der Waals surface area (Å²) in [5, 5.41) is 0.939. The predicted molar refractivity (Wildman–Crippen MR) is 72.6 cm³/mol. The molecule has 0 N–H and O–H groups in total. The van der Waals surface area contributed by atoms with Crippen LogP contribution >= 0.6 is 11.8 Å². The first-order valence-corrected chi connectivity index (χ1v) is 6.45. The quantitative estimate of drug-likeness (QED) is 0.701. The first-order valence-electron chi connectivity index (χ1n) is 5.63. The Hall–Kier alpha value is -1.94. The van der Waals surface area contributed by atoms with Crippen LogP contribution in [0.4, 0.5) is 0 Å². The number of fused-ring (bicyclic) bond motifs is 1. The second-order valence-electron chi connectivity index (χ2n) is 3.97. The lowest BCUT2D eigenvalue weighted by molar-refractivity contribution is 1.12. The van der Waals surface area contributed by atoms with Crippen LogP contribution in [0.1, 0.15) is 5.56 Å². The summed E-state index contributed by atoms with van der Waals surface area (Å²) in [4.78, 5) is 14.1. The number of hydrogen-bond donors (Lipinski definition) is 0. The Kier molecular flexibility index (Phi) is 2.94. The van der Waals surface area contributed by atoms with Gasteiger partial charge in [-0.1, -0.05) is 29.5 Å². The molecule has 0 bridgehead atoms. The second-order valence-corrected chi connectivity index (χ2v) is 5.06. The van der Waals surface area contributed by atoms with E-state index in [0.29, 0.717) is 5.65 Å². The first kappa shape index (κ1) is 11.2. The molecule has 0 aliphatic heterocycles. The van der Waals surface area contributed by atoms with Gasteiger partial charge in [-0.15, -0.1) is 0 Å². The van der Waals surface area contributed by atoms with Crippen molar-refractivity contribution in [1.82, 2.24) is 15.0 Å². The zero-order chi connectivity index (χ0) is 12.4. The highest BCUT2D eigenvalue weighted by Gasteiger charge is 2.02. The summed E-state index contributed by atoms with van der Waals surface area (Å²) in [6.07, 6.45) is 3.34. The molecule has 1 aromatic carbocycles. The van der Waals surface area contributed by atoms with Crippen LogP contribution in [0.2, 0.25) is 0 Å². The lowest BCUT2D eigenvalue weighted by Crippen LogP contribution is -1.88. The molecule has 3 aromatic rings. The molecular weight excluding hydrogens is 242 g/mol. The number of benzene rings is 1. The molecule has 0 aliphatic carbocycles. The lowest BCUT2D eigenvalue weighted by atomic mass is 10.2. The summed E-state index contributed by atoms with van der Waals surface area (Å²) in [6.45, 7) is 2.09. The highest BCUT2D eigenvalue weighted by molar-refractivity contribution is 7.99. The molecule has 0 saturated carbocycles. The summed E-state index contributed by atoms with van der Waals surface area (Å²) < 4.78 is 0. The molecular formula is C14H11N3S. The third-order valence-electron chi connectivity index (χ3n) is 2.52. The predicted octanol–water partition coefficient (Wildman–Crippen LogP) is 3.48. The monoisotopic (exact) mass is 253 g/mol. The fourth-order valence-corrected chi connectivity index (χ4v) is 2.59. The third-order valence-corrected chi connectivity index (χ3v) is 3.44. The van der Waals surface area contributed by atoms with Gasteiger partial charge in [-0.25, -0.2) is 9.97 Å². The van der Waals surface area contributed by atoms with E-state index in [1.54, 1.807) is 24.2 Å². The van der Waals surface area contributed by atoms with E-state index in [2.05, 4.69) is 46.1 Å². The third kappa shape index (κ3) is 2.33. The number of rotatable bonds is 2. The maximum atomic E-state index is 4.49. The van der Waals surface area contributed by atoms with E-state index in [4.69, 9.17) is 0 Å². The van der Waals surface area contributed by atoms with E-state index in [0.717, 1.165) is 10.5 Å². The van der Waals surface area contributed by atoms with Gasteiger partial charge in [-0.3, -0.25) is 4.98 Å². The number of nitrogens with zero attached hydrogens (tertiary/aromatic N) is 3. The summed E-state index contributed by atoms with van der Waals surface area (Å²) in [7, 11) is 0. The van der Waals surface area contributed by atoms with Gasteiger partial charge in [0.15, 0.2) is 5.65 Å². The minimum Gasteiger partial charge on any atom is -0.251 e. The summed E-state index contributed by atoms with van der Waals surface area (Å²) in [6, 6.07) is 12.3. The van der Waals surface area contributed by atoms with Gasteiger partial charge in [0, 0.05) is 17.3 Å². The van der Waals surface area contributed by atoms with Crippen molar-refractivity contribution in [2.45, 2.75) is 16.8 Å². The van der Waals surface area contributed by atoms with Crippen LogP contribution in [0, 0.1) is 6.92 Å². The van der Waals surface area contributed by atoms with Crippen LogP contribution < -0.4 is 0 Å². The van der Waals surface area contributed by atoms with Crippen LogP contribution in [0.15, 0.2) is 58.7 Å². The van der Waals surface area contributed by atoms with Gasteiger partial charge in [-0.05, 0) is 31.2 Å². The Morgan fingerprint density at radius 2 is 1.89 bits per heavy atom. The van der Waals surface area contributed by atoms with E-state index in [9.17, 15) is 0 Å². The average Bonchev–Trinajstić information content (AvgIpc) is 2.39. The molecule has 2 aromatic heterocycles.